The number of aliphatic hydroxyl groups is 1. The van der Waals surface area contributed by atoms with E-state index in [-0.39, 0.29) is 19.0 Å². The van der Waals surface area contributed by atoms with Crippen molar-refractivity contribution in [3.05, 3.63) is 71.5 Å². The summed E-state index contributed by atoms with van der Waals surface area (Å²) in [6, 6.07) is 14.1. The number of benzene rings is 2. The van der Waals surface area contributed by atoms with Gasteiger partial charge in [0.2, 0.25) is 5.91 Å². The van der Waals surface area contributed by atoms with E-state index >= 15 is 0 Å². The Morgan fingerprint density at radius 1 is 1.12 bits per heavy atom. The van der Waals surface area contributed by atoms with Gasteiger partial charge in [0, 0.05) is 12.6 Å². The van der Waals surface area contributed by atoms with Crippen LogP contribution in [0.15, 0.2) is 54.6 Å². The number of nitrogens with one attached hydrogen (secondary N) is 1. The highest BCUT2D eigenvalue weighted by Crippen LogP contribution is 2.19. The first-order valence-electron chi connectivity index (χ1n) is 7.85. The van der Waals surface area contributed by atoms with Gasteiger partial charge in [-0.05, 0) is 36.8 Å². The van der Waals surface area contributed by atoms with Crippen molar-refractivity contribution in [2.75, 3.05) is 20.1 Å². The second kappa shape index (κ2) is 7.90. The van der Waals surface area contributed by atoms with Gasteiger partial charge in [0.05, 0.1) is 13.1 Å². The highest BCUT2D eigenvalue weighted by atomic mass is 19.1. The highest BCUT2D eigenvalue weighted by molar-refractivity contribution is 5.96. The van der Waals surface area contributed by atoms with E-state index in [9.17, 15) is 19.1 Å². The van der Waals surface area contributed by atoms with Crippen LogP contribution in [0.25, 0.3) is 0 Å². The van der Waals surface area contributed by atoms with Gasteiger partial charge in [0.15, 0.2) is 0 Å². The van der Waals surface area contributed by atoms with E-state index in [4.69, 9.17) is 0 Å². The fraction of sp³-hybridized carbons (Fsp3) is 0.263. The second-order valence-corrected chi connectivity index (χ2v) is 6.08. The third kappa shape index (κ3) is 5.12. The minimum Gasteiger partial charge on any atom is -0.384 e. The molecule has 132 valence electrons. The number of hydrogen-bond donors (Lipinski definition) is 2. The number of carbonyl (C=O) groups is 2. The van der Waals surface area contributed by atoms with E-state index in [0.29, 0.717) is 11.1 Å². The molecule has 0 saturated heterocycles. The zero-order chi connectivity index (χ0) is 18.4. The van der Waals surface area contributed by atoms with Crippen molar-refractivity contribution in [1.82, 2.24) is 10.2 Å². The number of rotatable bonds is 6. The maximum Gasteiger partial charge on any atom is 0.254 e. The molecule has 2 rings (SSSR count). The second-order valence-electron chi connectivity index (χ2n) is 6.08. The number of halogens is 1. The average molecular weight is 344 g/mol. The van der Waals surface area contributed by atoms with Crippen molar-refractivity contribution in [1.29, 1.82) is 0 Å². The molecule has 0 bridgehead atoms. The van der Waals surface area contributed by atoms with Crippen molar-refractivity contribution in [3.8, 4) is 0 Å². The molecule has 2 aromatic carbocycles. The molecule has 0 heterocycles. The first kappa shape index (κ1) is 18.6. The minimum absolute atomic E-state index is 0.0508. The molecule has 0 aliphatic carbocycles. The van der Waals surface area contributed by atoms with Crippen molar-refractivity contribution < 1.29 is 19.1 Å². The first-order valence-corrected chi connectivity index (χ1v) is 7.85. The van der Waals surface area contributed by atoms with E-state index < -0.39 is 17.3 Å². The molecule has 0 fully saturated rings. The summed E-state index contributed by atoms with van der Waals surface area (Å²) >= 11 is 0. The molecule has 5 nitrogen and oxygen atoms in total. The van der Waals surface area contributed by atoms with Crippen LogP contribution in [0.5, 0.6) is 0 Å². The quantitative estimate of drug-likeness (QED) is 0.841. The minimum atomic E-state index is -1.34. The van der Waals surface area contributed by atoms with Gasteiger partial charge in [0.1, 0.15) is 11.4 Å². The molecule has 1 unspecified atom stereocenters. The van der Waals surface area contributed by atoms with E-state index in [2.05, 4.69) is 5.32 Å². The van der Waals surface area contributed by atoms with Crippen LogP contribution >= 0.6 is 0 Å². The molecule has 6 heteroatoms. The summed E-state index contributed by atoms with van der Waals surface area (Å²) < 4.78 is 13.0. The Morgan fingerprint density at radius 3 is 2.32 bits per heavy atom. The summed E-state index contributed by atoms with van der Waals surface area (Å²) in [5, 5.41) is 13.0. The number of nitrogens with zero attached hydrogens (tertiary/aromatic N) is 1. The maximum atomic E-state index is 13.0. The fourth-order valence-electron chi connectivity index (χ4n) is 2.33. The largest absolute Gasteiger partial charge is 0.384 e. The molecule has 0 spiro atoms. The van der Waals surface area contributed by atoms with Gasteiger partial charge >= 0.3 is 0 Å². The summed E-state index contributed by atoms with van der Waals surface area (Å²) in [5.41, 5.74) is -0.357. The number of hydrogen-bond acceptors (Lipinski definition) is 3. The molecule has 25 heavy (non-hydrogen) atoms. The Labute approximate surface area is 146 Å². The summed E-state index contributed by atoms with van der Waals surface area (Å²) in [4.78, 5) is 25.5. The molecule has 0 aromatic heterocycles. The monoisotopic (exact) mass is 344 g/mol. The van der Waals surface area contributed by atoms with Gasteiger partial charge in [-0.2, -0.15) is 0 Å². The van der Waals surface area contributed by atoms with Crippen LogP contribution < -0.4 is 5.32 Å². The standard InChI is InChI=1S/C19H21FN2O3/c1-19(25,15-8-10-16(20)11-9-15)13-21-17(23)12-22(2)18(24)14-6-4-3-5-7-14/h3-11,25H,12-13H2,1-2H3,(H,21,23). The van der Waals surface area contributed by atoms with Crippen LogP contribution in [0.3, 0.4) is 0 Å². The Balaban J connectivity index is 1.89. The molecule has 1 atom stereocenters. The van der Waals surface area contributed by atoms with Crippen molar-refractivity contribution in [2.45, 2.75) is 12.5 Å². The van der Waals surface area contributed by atoms with Crippen LogP contribution in [-0.2, 0) is 10.4 Å². The molecule has 0 radical (unpaired) electrons. The Bertz CT molecular complexity index is 730. The van der Waals surface area contributed by atoms with Crippen LogP contribution in [0.2, 0.25) is 0 Å². The lowest BCUT2D eigenvalue weighted by atomic mass is 9.96. The van der Waals surface area contributed by atoms with Crippen LogP contribution in [0.1, 0.15) is 22.8 Å². The van der Waals surface area contributed by atoms with Crippen LogP contribution in [0.4, 0.5) is 4.39 Å². The zero-order valence-electron chi connectivity index (χ0n) is 14.2. The van der Waals surface area contributed by atoms with Crippen molar-refractivity contribution in [3.63, 3.8) is 0 Å². The van der Waals surface area contributed by atoms with Gasteiger partial charge < -0.3 is 15.3 Å². The van der Waals surface area contributed by atoms with Gasteiger partial charge in [-0.3, -0.25) is 9.59 Å². The number of likely N-dealkylation sites (N-methyl/N-ethyl adjacent to an activating group) is 1. The zero-order valence-corrected chi connectivity index (χ0v) is 14.2. The van der Waals surface area contributed by atoms with E-state index in [1.807, 2.05) is 0 Å². The normalized spacial score (nSPS) is 13.0. The van der Waals surface area contributed by atoms with E-state index in [0.717, 1.165) is 0 Å². The smallest absolute Gasteiger partial charge is 0.254 e. The lowest BCUT2D eigenvalue weighted by Crippen LogP contribution is -2.43. The third-order valence-electron chi connectivity index (χ3n) is 3.84. The Morgan fingerprint density at radius 2 is 1.72 bits per heavy atom. The SMILES string of the molecule is CN(CC(=O)NCC(C)(O)c1ccc(F)cc1)C(=O)c1ccccc1. The maximum absolute atomic E-state index is 13.0. The van der Waals surface area contributed by atoms with E-state index in [1.54, 1.807) is 30.3 Å². The predicted molar refractivity (Wildman–Crippen MR) is 92.4 cm³/mol. The Hall–Kier alpha value is -2.73. The molecule has 2 N–H and O–H groups in total. The summed E-state index contributed by atoms with van der Waals surface area (Å²) in [7, 11) is 1.53. The number of amides is 2. The van der Waals surface area contributed by atoms with Crippen molar-refractivity contribution >= 4 is 11.8 Å². The summed E-state index contributed by atoms with van der Waals surface area (Å²) in [6.45, 7) is 1.34. The molecule has 0 aliphatic heterocycles. The lowest BCUT2D eigenvalue weighted by molar-refractivity contribution is -0.122. The topological polar surface area (TPSA) is 69.6 Å². The van der Waals surface area contributed by atoms with Crippen molar-refractivity contribution in [2.24, 2.45) is 0 Å². The van der Waals surface area contributed by atoms with Gasteiger partial charge in [0.25, 0.3) is 5.91 Å². The predicted octanol–water partition coefficient (Wildman–Crippen LogP) is 1.92. The molecule has 0 aliphatic rings. The fourth-order valence-corrected chi connectivity index (χ4v) is 2.33. The molecular formula is C19H21FN2O3. The van der Waals surface area contributed by atoms with Gasteiger partial charge in [-0.15, -0.1) is 0 Å². The van der Waals surface area contributed by atoms with E-state index in [1.165, 1.54) is 43.1 Å². The first-order chi connectivity index (χ1) is 11.8. The average Bonchev–Trinajstić information content (AvgIpc) is 2.60. The van der Waals surface area contributed by atoms with Crippen LogP contribution in [-0.4, -0.2) is 42.0 Å². The highest BCUT2D eigenvalue weighted by Gasteiger charge is 2.24. The molecular weight excluding hydrogens is 323 g/mol. The summed E-state index contributed by atoms with van der Waals surface area (Å²) in [6.07, 6.45) is 0. The third-order valence-corrected chi connectivity index (χ3v) is 3.84. The number of carbonyl (C=O) groups excluding carboxylic acids is 2. The molecule has 2 aromatic rings. The molecule has 2 amide bonds. The van der Waals surface area contributed by atoms with Gasteiger partial charge in [-0.25, -0.2) is 4.39 Å². The lowest BCUT2D eigenvalue weighted by Gasteiger charge is -2.25. The Kier molecular flexibility index (Phi) is 5.88. The summed E-state index contributed by atoms with van der Waals surface area (Å²) in [5.74, 6) is -1.06. The van der Waals surface area contributed by atoms with Gasteiger partial charge in [-0.1, -0.05) is 30.3 Å². The van der Waals surface area contributed by atoms with Crippen LogP contribution in [0, 0.1) is 5.82 Å². The molecule has 0 saturated carbocycles.